The molecular weight excluding hydrogens is 475 g/mol. The van der Waals surface area contributed by atoms with Crippen molar-refractivity contribution in [3.63, 3.8) is 0 Å². The van der Waals surface area contributed by atoms with E-state index in [0.29, 0.717) is 22.3 Å². The molecule has 10 nitrogen and oxygen atoms in total. The molecule has 0 radical (unpaired) electrons. The van der Waals surface area contributed by atoms with Crippen molar-refractivity contribution in [2.45, 2.75) is 63.2 Å². The topological polar surface area (TPSA) is 152 Å². The standard InChI is InChI=1S/C23H28F3N9O/c24-23(25,26)17-9-7-13(20(36)29-14-4-2-1-3-5-14)11-35(17)22-31-19(30-21(28)32-22)12-6-8-15-16(10-12)33-34-18(15)27/h6,8,10,13-14,17H,1-5,7,9,11H2,(H,29,36)(H3,27,33,34)(H2,28,30,31,32)/t13-,17-/m0/s1. The highest BCUT2D eigenvalue weighted by Crippen LogP contribution is 2.36. The number of rotatable bonds is 4. The number of nitrogens with zero attached hydrogens (tertiary/aromatic N) is 5. The zero-order valence-corrected chi connectivity index (χ0v) is 19.6. The van der Waals surface area contributed by atoms with Crippen molar-refractivity contribution in [2.75, 3.05) is 22.9 Å². The highest BCUT2D eigenvalue weighted by Gasteiger charge is 2.48. The first-order valence-electron chi connectivity index (χ1n) is 12.1. The number of benzene rings is 1. The van der Waals surface area contributed by atoms with E-state index in [1.807, 2.05) is 0 Å². The molecule has 0 spiro atoms. The molecule has 6 N–H and O–H groups in total. The van der Waals surface area contributed by atoms with Crippen LogP contribution < -0.4 is 21.7 Å². The van der Waals surface area contributed by atoms with Crippen LogP contribution in [0.15, 0.2) is 18.2 Å². The summed E-state index contributed by atoms with van der Waals surface area (Å²) in [4.78, 5) is 26.5. The predicted molar refractivity (Wildman–Crippen MR) is 129 cm³/mol. The van der Waals surface area contributed by atoms with E-state index in [1.54, 1.807) is 18.2 Å². The van der Waals surface area contributed by atoms with Crippen LogP contribution in [0.25, 0.3) is 22.3 Å². The number of anilines is 3. The summed E-state index contributed by atoms with van der Waals surface area (Å²) < 4.78 is 42.0. The maximum atomic E-state index is 14.0. The van der Waals surface area contributed by atoms with Gasteiger partial charge in [0.05, 0.1) is 11.4 Å². The number of piperidine rings is 1. The van der Waals surface area contributed by atoms with E-state index in [0.717, 1.165) is 37.0 Å². The molecule has 1 aliphatic heterocycles. The van der Waals surface area contributed by atoms with E-state index < -0.39 is 18.1 Å². The largest absolute Gasteiger partial charge is 0.408 e. The van der Waals surface area contributed by atoms with Gasteiger partial charge in [0.25, 0.3) is 0 Å². The number of halogens is 3. The summed E-state index contributed by atoms with van der Waals surface area (Å²) in [7, 11) is 0. The molecule has 1 aromatic carbocycles. The van der Waals surface area contributed by atoms with Crippen molar-refractivity contribution in [3.05, 3.63) is 18.2 Å². The number of alkyl halides is 3. The minimum atomic E-state index is -4.53. The minimum absolute atomic E-state index is 0.0749. The third-order valence-electron chi connectivity index (χ3n) is 7.03. The number of amides is 1. The molecule has 5 rings (SSSR count). The molecule has 1 saturated carbocycles. The Balaban J connectivity index is 1.44. The number of hydrogen-bond acceptors (Lipinski definition) is 8. The van der Waals surface area contributed by atoms with Crippen LogP contribution in [0.1, 0.15) is 44.9 Å². The first-order chi connectivity index (χ1) is 17.2. The molecule has 2 atom stereocenters. The SMILES string of the molecule is Nc1nc(-c2ccc3c(N)n[nH]c3c2)nc(N2C[C@@H](C(=O)NC3CCCCC3)CC[C@H]2C(F)(F)F)n1. The van der Waals surface area contributed by atoms with Crippen molar-refractivity contribution in [3.8, 4) is 11.4 Å². The van der Waals surface area contributed by atoms with Crippen LogP contribution in [-0.2, 0) is 4.79 Å². The average Bonchev–Trinajstić information content (AvgIpc) is 3.23. The number of nitrogens with two attached hydrogens (primary N) is 2. The van der Waals surface area contributed by atoms with Crippen molar-refractivity contribution in [2.24, 2.45) is 5.92 Å². The minimum Gasteiger partial charge on any atom is -0.382 e. The molecule has 3 heterocycles. The van der Waals surface area contributed by atoms with Gasteiger partial charge in [0.2, 0.25) is 17.8 Å². The third-order valence-corrected chi connectivity index (χ3v) is 7.03. The van der Waals surface area contributed by atoms with Gasteiger partial charge in [-0.3, -0.25) is 9.89 Å². The first-order valence-corrected chi connectivity index (χ1v) is 12.1. The average molecular weight is 504 g/mol. The van der Waals surface area contributed by atoms with Gasteiger partial charge in [-0.15, -0.1) is 0 Å². The number of carbonyl (C=O) groups excluding carboxylic acids is 1. The lowest BCUT2D eigenvalue weighted by Gasteiger charge is -2.40. The molecular formula is C23H28F3N9O. The molecule has 2 aliphatic rings. The molecule has 1 saturated heterocycles. The summed E-state index contributed by atoms with van der Waals surface area (Å²) in [5.41, 5.74) is 12.8. The number of aromatic nitrogens is 5. The summed E-state index contributed by atoms with van der Waals surface area (Å²) >= 11 is 0. The zero-order chi connectivity index (χ0) is 25.4. The number of carbonyl (C=O) groups is 1. The maximum absolute atomic E-state index is 14.0. The van der Waals surface area contributed by atoms with Gasteiger partial charge in [-0.2, -0.15) is 33.2 Å². The van der Waals surface area contributed by atoms with Crippen molar-refractivity contribution in [1.82, 2.24) is 30.5 Å². The quantitative estimate of drug-likeness (QED) is 0.424. The van der Waals surface area contributed by atoms with E-state index >= 15 is 0 Å². The van der Waals surface area contributed by atoms with E-state index in [1.165, 1.54) is 0 Å². The van der Waals surface area contributed by atoms with Gasteiger partial charge in [-0.1, -0.05) is 25.3 Å². The van der Waals surface area contributed by atoms with Gasteiger partial charge in [-0.25, -0.2) is 0 Å². The Hall–Kier alpha value is -3.64. The molecule has 192 valence electrons. The van der Waals surface area contributed by atoms with Crippen LogP contribution in [0.4, 0.5) is 30.9 Å². The molecule has 1 amide bonds. The Kier molecular flexibility index (Phi) is 6.31. The van der Waals surface area contributed by atoms with Gasteiger partial charge in [-0.05, 0) is 37.8 Å². The number of nitrogens with one attached hydrogen (secondary N) is 2. The van der Waals surface area contributed by atoms with Crippen molar-refractivity contribution < 1.29 is 18.0 Å². The fourth-order valence-electron chi connectivity index (χ4n) is 5.13. The van der Waals surface area contributed by atoms with E-state index in [4.69, 9.17) is 11.5 Å². The smallest absolute Gasteiger partial charge is 0.382 e. The summed E-state index contributed by atoms with van der Waals surface area (Å²) in [6, 6.07) is 3.33. The summed E-state index contributed by atoms with van der Waals surface area (Å²) in [5, 5.41) is 10.5. The van der Waals surface area contributed by atoms with Gasteiger partial charge >= 0.3 is 6.18 Å². The van der Waals surface area contributed by atoms with Crippen molar-refractivity contribution >= 4 is 34.5 Å². The second-order valence-electron chi connectivity index (χ2n) is 9.51. The first kappa shape index (κ1) is 24.1. The monoisotopic (exact) mass is 503 g/mol. The van der Waals surface area contributed by atoms with Gasteiger partial charge in [0.15, 0.2) is 11.6 Å². The number of fused-ring (bicyclic) bond motifs is 1. The fraction of sp³-hybridized carbons (Fsp3) is 0.522. The van der Waals surface area contributed by atoms with Crippen LogP contribution in [0, 0.1) is 5.92 Å². The fourth-order valence-corrected chi connectivity index (χ4v) is 5.13. The molecule has 2 aromatic heterocycles. The molecule has 13 heteroatoms. The second-order valence-corrected chi connectivity index (χ2v) is 9.51. The summed E-state index contributed by atoms with van der Waals surface area (Å²) in [6.45, 7) is -0.165. The summed E-state index contributed by atoms with van der Waals surface area (Å²) in [5.74, 6) is -0.824. The van der Waals surface area contributed by atoms with Crippen LogP contribution in [0.2, 0.25) is 0 Å². The Morgan fingerprint density at radius 1 is 1.06 bits per heavy atom. The lowest BCUT2D eigenvalue weighted by Crippen LogP contribution is -2.55. The highest BCUT2D eigenvalue weighted by molar-refractivity contribution is 5.91. The predicted octanol–water partition coefficient (Wildman–Crippen LogP) is 3.18. The highest BCUT2D eigenvalue weighted by atomic mass is 19.4. The maximum Gasteiger partial charge on any atom is 0.408 e. The normalized spacial score (nSPS) is 21.6. The molecule has 0 unspecified atom stereocenters. The zero-order valence-electron chi connectivity index (χ0n) is 19.6. The second kappa shape index (κ2) is 9.43. The lowest BCUT2D eigenvalue weighted by atomic mass is 9.90. The van der Waals surface area contributed by atoms with E-state index in [-0.39, 0.29) is 49.1 Å². The lowest BCUT2D eigenvalue weighted by molar-refractivity contribution is -0.156. The summed E-state index contributed by atoms with van der Waals surface area (Å²) in [6.07, 6.45) is 0.375. The molecule has 0 bridgehead atoms. The van der Waals surface area contributed by atoms with Crippen molar-refractivity contribution in [1.29, 1.82) is 0 Å². The molecule has 3 aromatic rings. The van der Waals surface area contributed by atoms with Crippen LogP contribution in [0.3, 0.4) is 0 Å². The Morgan fingerprint density at radius 2 is 1.83 bits per heavy atom. The Labute approximate surface area is 205 Å². The van der Waals surface area contributed by atoms with Gasteiger partial charge in [0.1, 0.15) is 6.04 Å². The van der Waals surface area contributed by atoms with Gasteiger partial charge < -0.3 is 21.7 Å². The Morgan fingerprint density at radius 3 is 2.58 bits per heavy atom. The van der Waals surface area contributed by atoms with Crippen LogP contribution >= 0.6 is 0 Å². The van der Waals surface area contributed by atoms with E-state index in [2.05, 4.69) is 30.5 Å². The van der Waals surface area contributed by atoms with Gasteiger partial charge in [0, 0.05) is 23.5 Å². The third kappa shape index (κ3) is 4.86. The molecule has 2 fully saturated rings. The van der Waals surface area contributed by atoms with Crippen LogP contribution in [-0.4, -0.2) is 55.9 Å². The Bertz CT molecular complexity index is 1260. The number of nitrogen functional groups attached to an aromatic ring is 2. The number of hydrogen-bond donors (Lipinski definition) is 4. The number of aromatic amines is 1. The number of H-pyrrole nitrogens is 1. The molecule has 36 heavy (non-hydrogen) atoms. The van der Waals surface area contributed by atoms with E-state index in [9.17, 15) is 18.0 Å². The van der Waals surface area contributed by atoms with Crippen LogP contribution in [0.5, 0.6) is 0 Å². The molecule has 1 aliphatic carbocycles.